The van der Waals surface area contributed by atoms with Crippen LogP contribution in [0.3, 0.4) is 0 Å². The summed E-state index contributed by atoms with van der Waals surface area (Å²) in [4.78, 5) is 26.3. The first-order valence-corrected chi connectivity index (χ1v) is 7.51. The van der Waals surface area contributed by atoms with Gasteiger partial charge in [-0.05, 0) is 20.8 Å². The van der Waals surface area contributed by atoms with Crippen LogP contribution < -0.4 is 5.32 Å². The van der Waals surface area contributed by atoms with Gasteiger partial charge < -0.3 is 10.2 Å². The molecule has 0 aromatic carbocycles. The molecule has 0 atom stereocenters. The van der Waals surface area contributed by atoms with E-state index in [1.165, 1.54) is 11.1 Å². The Hall–Kier alpha value is -2.64. The lowest BCUT2D eigenvalue weighted by Gasteiger charge is -2.13. The first kappa shape index (κ1) is 16.7. The molecule has 2 aromatic heterocycles. The molecule has 23 heavy (non-hydrogen) atoms. The molecule has 0 aliphatic heterocycles. The smallest absolute Gasteiger partial charge is 0.273 e. The Morgan fingerprint density at radius 2 is 1.96 bits per heavy atom. The molecule has 0 spiro atoms. The molecule has 124 valence electrons. The summed E-state index contributed by atoms with van der Waals surface area (Å²) < 4.78 is 3.27. The Bertz CT molecular complexity index is 728. The van der Waals surface area contributed by atoms with Gasteiger partial charge in [-0.25, -0.2) is 0 Å². The van der Waals surface area contributed by atoms with Crippen molar-refractivity contribution in [2.75, 3.05) is 19.4 Å². The summed E-state index contributed by atoms with van der Waals surface area (Å²) in [5.41, 5.74) is 1.90. The SMILES string of the molecule is CCn1cc(C(=O)Nc2cnn(CC)c2C(=O)N(C)C)c(C)n1. The van der Waals surface area contributed by atoms with Crippen molar-refractivity contribution >= 4 is 17.5 Å². The van der Waals surface area contributed by atoms with Crippen molar-refractivity contribution in [3.05, 3.63) is 29.3 Å². The van der Waals surface area contributed by atoms with Crippen LogP contribution in [-0.4, -0.2) is 50.4 Å². The monoisotopic (exact) mass is 318 g/mol. The molecule has 8 heteroatoms. The molecule has 0 saturated heterocycles. The van der Waals surface area contributed by atoms with Crippen LogP contribution in [0.25, 0.3) is 0 Å². The maximum Gasteiger partial charge on any atom is 0.273 e. The minimum atomic E-state index is -0.300. The topological polar surface area (TPSA) is 85.0 Å². The van der Waals surface area contributed by atoms with Crippen LogP contribution in [0.4, 0.5) is 5.69 Å². The molecule has 0 saturated carbocycles. The van der Waals surface area contributed by atoms with Gasteiger partial charge in [0.1, 0.15) is 5.69 Å². The lowest BCUT2D eigenvalue weighted by molar-refractivity contribution is 0.0816. The van der Waals surface area contributed by atoms with Gasteiger partial charge in [-0.2, -0.15) is 10.2 Å². The second kappa shape index (κ2) is 6.64. The summed E-state index contributed by atoms with van der Waals surface area (Å²) in [6.45, 7) is 6.85. The van der Waals surface area contributed by atoms with E-state index < -0.39 is 0 Å². The number of rotatable bonds is 5. The molecular weight excluding hydrogens is 296 g/mol. The average molecular weight is 318 g/mol. The molecule has 0 unspecified atom stereocenters. The van der Waals surface area contributed by atoms with Gasteiger partial charge in [0, 0.05) is 33.4 Å². The number of carbonyl (C=O) groups excluding carboxylic acids is 2. The predicted molar refractivity (Wildman–Crippen MR) is 86.5 cm³/mol. The van der Waals surface area contributed by atoms with Crippen LogP contribution in [0.15, 0.2) is 12.4 Å². The second-order valence-corrected chi connectivity index (χ2v) is 5.36. The molecule has 1 N–H and O–H groups in total. The van der Waals surface area contributed by atoms with E-state index in [1.807, 2.05) is 13.8 Å². The Morgan fingerprint density at radius 1 is 1.26 bits per heavy atom. The molecule has 0 radical (unpaired) electrons. The number of hydrogen-bond donors (Lipinski definition) is 1. The molecule has 0 bridgehead atoms. The van der Waals surface area contributed by atoms with E-state index in [-0.39, 0.29) is 11.8 Å². The van der Waals surface area contributed by atoms with Crippen molar-refractivity contribution in [3.8, 4) is 0 Å². The number of amides is 2. The van der Waals surface area contributed by atoms with Gasteiger partial charge in [0.25, 0.3) is 11.8 Å². The third kappa shape index (κ3) is 3.25. The number of nitrogens with zero attached hydrogens (tertiary/aromatic N) is 5. The third-order valence-corrected chi connectivity index (χ3v) is 3.51. The largest absolute Gasteiger partial charge is 0.343 e. The van der Waals surface area contributed by atoms with Crippen LogP contribution >= 0.6 is 0 Å². The van der Waals surface area contributed by atoms with E-state index >= 15 is 0 Å². The van der Waals surface area contributed by atoms with E-state index in [0.29, 0.717) is 35.7 Å². The van der Waals surface area contributed by atoms with Crippen molar-refractivity contribution < 1.29 is 9.59 Å². The molecule has 8 nitrogen and oxygen atoms in total. The molecule has 2 rings (SSSR count). The van der Waals surface area contributed by atoms with Crippen molar-refractivity contribution in [2.45, 2.75) is 33.9 Å². The average Bonchev–Trinajstić information content (AvgIpc) is 3.09. The lowest BCUT2D eigenvalue weighted by Crippen LogP contribution is -2.26. The highest BCUT2D eigenvalue weighted by Crippen LogP contribution is 2.18. The molecule has 2 amide bonds. The van der Waals surface area contributed by atoms with Gasteiger partial charge in [0.15, 0.2) is 0 Å². The highest BCUT2D eigenvalue weighted by atomic mass is 16.2. The van der Waals surface area contributed by atoms with Crippen LogP contribution in [-0.2, 0) is 13.1 Å². The van der Waals surface area contributed by atoms with Crippen molar-refractivity contribution in [1.82, 2.24) is 24.5 Å². The third-order valence-electron chi connectivity index (χ3n) is 3.51. The first-order chi connectivity index (χ1) is 10.9. The Labute approximate surface area is 135 Å². The summed E-state index contributed by atoms with van der Waals surface area (Å²) in [5, 5.41) is 11.2. The van der Waals surface area contributed by atoms with Crippen LogP contribution in [0.1, 0.15) is 40.4 Å². The number of aromatic nitrogens is 4. The zero-order valence-electron chi connectivity index (χ0n) is 14.1. The molecule has 0 aliphatic carbocycles. The highest BCUT2D eigenvalue weighted by Gasteiger charge is 2.22. The zero-order valence-corrected chi connectivity index (χ0v) is 14.1. The van der Waals surface area contributed by atoms with Gasteiger partial charge in [-0.15, -0.1) is 0 Å². The number of aryl methyl sites for hydroxylation is 3. The van der Waals surface area contributed by atoms with E-state index in [9.17, 15) is 9.59 Å². The fourth-order valence-corrected chi connectivity index (χ4v) is 2.25. The van der Waals surface area contributed by atoms with Gasteiger partial charge in [-0.1, -0.05) is 0 Å². The minimum absolute atomic E-state index is 0.208. The summed E-state index contributed by atoms with van der Waals surface area (Å²) >= 11 is 0. The Balaban J connectivity index is 2.32. The van der Waals surface area contributed by atoms with Gasteiger partial charge in [0.2, 0.25) is 0 Å². The normalized spacial score (nSPS) is 10.7. The number of anilines is 1. The lowest BCUT2D eigenvalue weighted by atomic mass is 10.2. The van der Waals surface area contributed by atoms with E-state index in [0.717, 1.165) is 0 Å². The van der Waals surface area contributed by atoms with Gasteiger partial charge in [0.05, 0.1) is 23.1 Å². The van der Waals surface area contributed by atoms with Crippen LogP contribution in [0.2, 0.25) is 0 Å². The van der Waals surface area contributed by atoms with E-state index in [4.69, 9.17) is 0 Å². The van der Waals surface area contributed by atoms with E-state index in [1.54, 1.807) is 36.6 Å². The number of nitrogens with one attached hydrogen (secondary N) is 1. The number of hydrogen-bond acceptors (Lipinski definition) is 4. The molecule has 0 aliphatic rings. The quantitative estimate of drug-likeness (QED) is 0.902. The summed E-state index contributed by atoms with van der Waals surface area (Å²) in [7, 11) is 3.33. The number of carbonyl (C=O) groups is 2. The Morgan fingerprint density at radius 3 is 2.48 bits per heavy atom. The first-order valence-electron chi connectivity index (χ1n) is 7.51. The van der Waals surface area contributed by atoms with Crippen LogP contribution in [0, 0.1) is 6.92 Å². The molecular formula is C15H22N6O2. The van der Waals surface area contributed by atoms with Crippen LogP contribution in [0.5, 0.6) is 0 Å². The second-order valence-electron chi connectivity index (χ2n) is 5.36. The maximum absolute atomic E-state index is 12.5. The van der Waals surface area contributed by atoms with Gasteiger partial charge in [-0.3, -0.25) is 19.0 Å². The highest BCUT2D eigenvalue weighted by molar-refractivity contribution is 6.08. The summed E-state index contributed by atoms with van der Waals surface area (Å²) in [6, 6.07) is 0. The van der Waals surface area contributed by atoms with Crippen molar-refractivity contribution in [3.63, 3.8) is 0 Å². The van der Waals surface area contributed by atoms with E-state index in [2.05, 4.69) is 15.5 Å². The fourth-order valence-electron chi connectivity index (χ4n) is 2.25. The Kier molecular flexibility index (Phi) is 4.83. The van der Waals surface area contributed by atoms with Gasteiger partial charge >= 0.3 is 0 Å². The van der Waals surface area contributed by atoms with Crippen molar-refractivity contribution in [2.24, 2.45) is 0 Å². The maximum atomic E-state index is 12.5. The minimum Gasteiger partial charge on any atom is -0.343 e. The molecule has 2 heterocycles. The van der Waals surface area contributed by atoms with Crippen molar-refractivity contribution in [1.29, 1.82) is 0 Å². The fraction of sp³-hybridized carbons (Fsp3) is 0.467. The molecule has 2 aromatic rings. The standard InChI is InChI=1S/C15H22N6O2/c1-6-20-9-11(10(3)18-20)14(22)17-12-8-16-21(7-2)13(12)15(23)19(4)5/h8-9H,6-7H2,1-5H3,(H,17,22). The summed E-state index contributed by atoms with van der Waals surface area (Å²) in [5.74, 6) is -0.508. The zero-order chi connectivity index (χ0) is 17.1. The molecule has 0 fully saturated rings. The predicted octanol–water partition coefficient (Wildman–Crippen LogP) is 1.38. The summed E-state index contributed by atoms with van der Waals surface area (Å²) in [6.07, 6.45) is 3.19.